The van der Waals surface area contributed by atoms with Crippen molar-refractivity contribution < 1.29 is 9.47 Å². The fourth-order valence-electron chi connectivity index (χ4n) is 2.60. The largest absolute Gasteiger partial charge is 0.497 e. The van der Waals surface area contributed by atoms with Gasteiger partial charge < -0.3 is 9.47 Å². The maximum Gasteiger partial charge on any atom is 0.124 e. The molecule has 6 heteroatoms. The molecular weight excluding hydrogens is 268 g/mol. The van der Waals surface area contributed by atoms with Gasteiger partial charge in [0.2, 0.25) is 0 Å². The Morgan fingerprint density at radius 2 is 1.95 bits per heavy atom. The zero-order valence-electron chi connectivity index (χ0n) is 13.1. The minimum Gasteiger partial charge on any atom is -0.497 e. The van der Waals surface area contributed by atoms with Crippen LogP contribution in [-0.2, 0) is 7.05 Å². The molecule has 0 radical (unpaired) electrons. The van der Waals surface area contributed by atoms with Crippen LogP contribution in [-0.4, -0.2) is 24.0 Å². The summed E-state index contributed by atoms with van der Waals surface area (Å²) in [6, 6.07) is 5.44. The second-order valence-electron chi connectivity index (χ2n) is 4.92. The third kappa shape index (κ3) is 2.72. The standard InChI is InChI=1S/C15H22N4O2/c1-9-14(10(2)19(3)18-9)15(17-16)12-8-11(20-4)6-7-13(12)21-5/h6-8,15,17H,16H2,1-5H3. The van der Waals surface area contributed by atoms with Gasteiger partial charge >= 0.3 is 0 Å². The summed E-state index contributed by atoms with van der Waals surface area (Å²) in [5, 5.41) is 4.45. The SMILES string of the molecule is COc1ccc(OC)c(C(NN)c2c(C)nn(C)c2C)c1. The zero-order chi connectivity index (χ0) is 15.6. The lowest BCUT2D eigenvalue weighted by Crippen LogP contribution is -2.30. The Morgan fingerprint density at radius 3 is 2.43 bits per heavy atom. The lowest BCUT2D eigenvalue weighted by atomic mass is 9.96. The number of nitrogens with zero attached hydrogens (tertiary/aromatic N) is 2. The normalized spacial score (nSPS) is 12.3. The minimum atomic E-state index is -0.219. The highest BCUT2D eigenvalue weighted by Crippen LogP contribution is 2.35. The first kappa shape index (κ1) is 15.3. The van der Waals surface area contributed by atoms with Crippen LogP contribution in [0.25, 0.3) is 0 Å². The minimum absolute atomic E-state index is 0.219. The molecule has 0 amide bonds. The smallest absolute Gasteiger partial charge is 0.124 e. The van der Waals surface area contributed by atoms with Gasteiger partial charge in [-0.05, 0) is 32.0 Å². The highest BCUT2D eigenvalue weighted by molar-refractivity contribution is 5.47. The highest BCUT2D eigenvalue weighted by atomic mass is 16.5. The first-order valence-corrected chi connectivity index (χ1v) is 6.71. The van der Waals surface area contributed by atoms with Crippen molar-refractivity contribution in [2.45, 2.75) is 19.9 Å². The van der Waals surface area contributed by atoms with E-state index in [0.717, 1.165) is 34.0 Å². The molecule has 0 spiro atoms. The number of hydrogen-bond donors (Lipinski definition) is 2. The highest BCUT2D eigenvalue weighted by Gasteiger charge is 2.24. The Morgan fingerprint density at radius 1 is 1.24 bits per heavy atom. The van der Waals surface area contributed by atoms with Gasteiger partial charge in [0.15, 0.2) is 0 Å². The quantitative estimate of drug-likeness (QED) is 0.646. The molecule has 0 bridgehead atoms. The number of aryl methyl sites for hydroxylation is 2. The third-order valence-corrected chi connectivity index (χ3v) is 3.77. The van der Waals surface area contributed by atoms with Crippen molar-refractivity contribution in [1.29, 1.82) is 0 Å². The Hall–Kier alpha value is -2.05. The number of ether oxygens (including phenoxy) is 2. The predicted octanol–water partition coefficient (Wildman–Crippen LogP) is 1.61. The molecule has 1 atom stereocenters. The molecule has 21 heavy (non-hydrogen) atoms. The molecule has 1 heterocycles. The van der Waals surface area contributed by atoms with Gasteiger partial charge in [-0.3, -0.25) is 10.5 Å². The number of nitrogens with two attached hydrogens (primary N) is 1. The van der Waals surface area contributed by atoms with E-state index in [-0.39, 0.29) is 6.04 Å². The van der Waals surface area contributed by atoms with E-state index in [4.69, 9.17) is 15.3 Å². The Kier molecular flexibility index (Phi) is 4.50. The molecule has 2 rings (SSSR count). The number of benzene rings is 1. The average molecular weight is 290 g/mol. The van der Waals surface area contributed by atoms with E-state index in [9.17, 15) is 0 Å². The molecule has 0 fully saturated rings. The Bertz CT molecular complexity index is 637. The van der Waals surface area contributed by atoms with Crippen molar-refractivity contribution in [2.75, 3.05) is 14.2 Å². The summed E-state index contributed by atoms with van der Waals surface area (Å²) in [5.41, 5.74) is 6.82. The summed E-state index contributed by atoms with van der Waals surface area (Å²) in [5.74, 6) is 7.32. The first-order valence-electron chi connectivity index (χ1n) is 6.71. The summed E-state index contributed by atoms with van der Waals surface area (Å²) in [6.07, 6.45) is 0. The van der Waals surface area contributed by atoms with E-state index in [1.807, 2.05) is 43.8 Å². The van der Waals surface area contributed by atoms with E-state index in [1.54, 1.807) is 14.2 Å². The Balaban J connectivity index is 2.60. The van der Waals surface area contributed by atoms with Gasteiger partial charge in [-0.15, -0.1) is 0 Å². The average Bonchev–Trinajstić information content (AvgIpc) is 2.74. The maximum absolute atomic E-state index is 5.82. The molecule has 1 unspecified atom stereocenters. The van der Waals surface area contributed by atoms with Crippen LogP contribution >= 0.6 is 0 Å². The maximum atomic E-state index is 5.82. The summed E-state index contributed by atoms with van der Waals surface area (Å²) in [7, 11) is 5.20. The molecular formula is C15H22N4O2. The molecule has 6 nitrogen and oxygen atoms in total. The Labute approximate surface area is 124 Å². The van der Waals surface area contributed by atoms with Gasteiger partial charge in [-0.25, -0.2) is 5.43 Å². The second-order valence-corrected chi connectivity index (χ2v) is 4.92. The number of aromatic nitrogens is 2. The van der Waals surface area contributed by atoms with Crippen molar-refractivity contribution >= 4 is 0 Å². The lowest BCUT2D eigenvalue weighted by molar-refractivity contribution is 0.394. The van der Waals surface area contributed by atoms with Crippen LogP contribution in [0.3, 0.4) is 0 Å². The summed E-state index contributed by atoms with van der Waals surface area (Å²) in [6.45, 7) is 3.99. The van der Waals surface area contributed by atoms with Crippen molar-refractivity contribution in [3.8, 4) is 11.5 Å². The molecule has 114 valence electrons. The second kappa shape index (κ2) is 6.15. The fraction of sp³-hybridized carbons (Fsp3) is 0.400. The summed E-state index contributed by atoms with van der Waals surface area (Å²) in [4.78, 5) is 0. The third-order valence-electron chi connectivity index (χ3n) is 3.77. The van der Waals surface area contributed by atoms with Crippen LogP contribution in [0.5, 0.6) is 11.5 Å². The van der Waals surface area contributed by atoms with Crippen molar-refractivity contribution in [1.82, 2.24) is 15.2 Å². The topological polar surface area (TPSA) is 74.3 Å². The fourth-order valence-corrected chi connectivity index (χ4v) is 2.60. The van der Waals surface area contributed by atoms with Crippen molar-refractivity contribution in [3.63, 3.8) is 0 Å². The monoisotopic (exact) mass is 290 g/mol. The van der Waals surface area contributed by atoms with Crippen molar-refractivity contribution in [2.24, 2.45) is 12.9 Å². The van der Waals surface area contributed by atoms with Crippen molar-refractivity contribution in [3.05, 3.63) is 40.7 Å². The molecule has 2 aromatic rings. The number of rotatable bonds is 5. The molecule has 0 aliphatic rings. The van der Waals surface area contributed by atoms with Crippen LogP contribution in [0.1, 0.15) is 28.6 Å². The first-order chi connectivity index (χ1) is 10.0. The lowest BCUT2D eigenvalue weighted by Gasteiger charge is -2.20. The summed E-state index contributed by atoms with van der Waals surface area (Å²) < 4.78 is 12.6. The molecule has 3 N–H and O–H groups in total. The van der Waals surface area contributed by atoms with E-state index in [0.29, 0.717) is 0 Å². The molecule has 0 saturated carbocycles. The van der Waals surface area contributed by atoms with E-state index in [1.165, 1.54) is 0 Å². The predicted molar refractivity (Wildman–Crippen MR) is 81.4 cm³/mol. The van der Waals surface area contributed by atoms with E-state index >= 15 is 0 Å². The van der Waals surface area contributed by atoms with Gasteiger partial charge in [-0.2, -0.15) is 5.10 Å². The van der Waals surface area contributed by atoms with Gasteiger partial charge in [0.1, 0.15) is 11.5 Å². The van der Waals surface area contributed by atoms with Crippen LogP contribution in [0.15, 0.2) is 18.2 Å². The van der Waals surface area contributed by atoms with Gasteiger partial charge in [0, 0.05) is 23.9 Å². The number of methoxy groups -OCH3 is 2. The molecule has 0 saturated heterocycles. The van der Waals surface area contributed by atoms with Gasteiger partial charge in [0.25, 0.3) is 0 Å². The van der Waals surface area contributed by atoms with Crippen LogP contribution in [0, 0.1) is 13.8 Å². The van der Waals surface area contributed by atoms with Gasteiger partial charge in [0.05, 0.1) is 26.0 Å². The molecule has 1 aromatic carbocycles. The molecule has 0 aliphatic heterocycles. The number of hydrogen-bond acceptors (Lipinski definition) is 5. The van der Waals surface area contributed by atoms with E-state index < -0.39 is 0 Å². The van der Waals surface area contributed by atoms with Crippen LogP contribution in [0.2, 0.25) is 0 Å². The molecule has 1 aromatic heterocycles. The molecule has 0 aliphatic carbocycles. The zero-order valence-corrected chi connectivity index (χ0v) is 13.1. The van der Waals surface area contributed by atoms with Gasteiger partial charge in [-0.1, -0.05) is 0 Å². The number of hydrazine groups is 1. The van der Waals surface area contributed by atoms with E-state index in [2.05, 4.69) is 10.5 Å². The van der Waals surface area contributed by atoms with Crippen LogP contribution < -0.4 is 20.7 Å². The van der Waals surface area contributed by atoms with Crippen LogP contribution in [0.4, 0.5) is 0 Å². The summed E-state index contributed by atoms with van der Waals surface area (Å²) >= 11 is 0. The number of nitrogens with one attached hydrogen (secondary N) is 1.